The zero-order valence-corrected chi connectivity index (χ0v) is 8.19. The van der Waals surface area contributed by atoms with Crippen LogP contribution in [-0.2, 0) is 9.53 Å². The number of likely N-dealkylation sites (tertiary alicyclic amines) is 1. The smallest absolute Gasteiger partial charge is 0.251 e. The number of hydrogen-bond acceptors (Lipinski definition) is 3. The van der Waals surface area contributed by atoms with Gasteiger partial charge in [0.05, 0.1) is 12.6 Å². The molecule has 0 aromatic heterocycles. The topological polar surface area (TPSA) is 49.8 Å². The van der Waals surface area contributed by atoms with Crippen molar-refractivity contribution in [2.75, 3.05) is 20.3 Å². The SMILES string of the molecule is COC(C)C(=O)N1CCC[C@@H]1CO. The number of rotatable bonds is 3. The summed E-state index contributed by atoms with van der Waals surface area (Å²) in [6.45, 7) is 2.54. The molecule has 1 amide bonds. The van der Waals surface area contributed by atoms with Crippen molar-refractivity contribution in [3.05, 3.63) is 0 Å². The van der Waals surface area contributed by atoms with Crippen molar-refractivity contribution in [3.63, 3.8) is 0 Å². The van der Waals surface area contributed by atoms with Crippen LogP contribution in [0.2, 0.25) is 0 Å². The van der Waals surface area contributed by atoms with Crippen molar-refractivity contribution in [1.82, 2.24) is 4.90 Å². The maximum absolute atomic E-state index is 11.6. The summed E-state index contributed by atoms with van der Waals surface area (Å²) in [7, 11) is 1.52. The maximum atomic E-state index is 11.6. The van der Waals surface area contributed by atoms with Crippen LogP contribution >= 0.6 is 0 Å². The molecule has 0 bridgehead atoms. The Morgan fingerprint density at radius 2 is 2.46 bits per heavy atom. The number of hydrogen-bond donors (Lipinski definition) is 1. The van der Waals surface area contributed by atoms with Crippen molar-refractivity contribution < 1.29 is 14.6 Å². The van der Waals surface area contributed by atoms with Gasteiger partial charge in [-0.2, -0.15) is 0 Å². The van der Waals surface area contributed by atoms with Gasteiger partial charge in [-0.1, -0.05) is 0 Å². The van der Waals surface area contributed by atoms with Gasteiger partial charge < -0.3 is 14.7 Å². The van der Waals surface area contributed by atoms with E-state index >= 15 is 0 Å². The second-order valence-corrected chi connectivity index (χ2v) is 3.39. The molecule has 1 rings (SSSR count). The van der Waals surface area contributed by atoms with E-state index in [0.29, 0.717) is 0 Å². The first-order chi connectivity index (χ1) is 6.20. The molecule has 0 spiro atoms. The Bertz CT molecular complexity index is 184. The Morgan fingerprint density at radius 1 is 1.77 bits per heavy atom. The van der Waals surface area contributed by atoms with Gasteiger partial charge in [0.1, 0.15) is 6.10 Å². The second kappa shape index (κ2) is 4.58. The number of ether oxygens (including phenoxy) is 1. The van der Waals surface area contributed by atoms with Crippen LogP contribution in [0.15, 0.2) is 0 Å². The zero-order chi connectivity index (χ0) is 9.84. The Kier molecular flexibility index (Phi) is 3.69. The molecule has 1 fully saturated rings. The van der Waals surface area contributed by atoms with Gasteiger partial charge in [0.25, 0.3) is 5.91 Å². The van der Waals surface area contributed by atoms with Gasteiger partial charge >= 0.3 is 0 Å². The minimum atomic E-state index is -0.396. The van der Waals surface area contributed by atoms with Crippen LogP contribution in [0, 0.1) is 0 Å². The molecule has 1 unspecified atom stereocenters. The molecule has 0 aromatic carbocycles. The zero-order valence-electron chi connectivity index (χ0n) is 8.19. The first-order valence-electron chi connectivity index (χ1n) is 4.64. The molecular formula is C9H17NO3. The molecule has 0 saturated carbocycles. The van der Waals surface area contributed by atoms with Crippen LogP contribution in [0.4, 0.5) is 0 Å². The van der Waals surface area contributed by atoms with E-state index < -0.39 is 6.10 Å². The van der Waals surface area contributed by atoms with Crippen LogP contribution < -0.4 is 0 Å². The number of nitrogens with zero attached hydrogens (tertiary/aromatic N) is 1. The molecule has 4 heteroatoms. The van der Waals surface area contributed by atoms with Crippen molar-refractivity contribution in [3.8, 4) is 0 Å². The van der Waals surface area contributed by atoms with Crippen LogP contribution in [0.5, 0.6) is 0 Å². The Balaban J connectivity index is 2.54. The van der Waals surface area contributed by atoms with E-state index in [1.54, 1.807) is 11.8 Å². The Labute approximate surface area is 78.5 Å². The number of aliphatic hydroxyl groups excluding tert-OH is 1. The number of carbonyl (C=O) groups excluding carboxylic acids is 1. The number of aliphatic hydroxyl groups is 1. The molecule has 2 atom stereocenters. The molecule has 4 nitrogen and oxygen atoms in total. The van der Waals surface area contributed by atoms with E-state index in [9.17, 15) is 4.79 Å². The molecular weight excluding hydrogens is 170 g/mol. The third kappa shape index (κ3) is 2.19. The van der Waals surface area contributed by atoms with Gasteiger partial charge in [-0.25, -0.2) is 0 Å². The molecule has 0 aliphatic carbocycles. The lowest BCUT2D eigenvalue weighted by atomic mass is 10.2. The predicted molar refractivity (Wildman–Crippen MR) is 48.3 cm³/mol. The summed E-state index contributed by atoms with van der Waals surface area (Å²) in [5, 5.41) is 9.01. The highest BCUT2D eigenvalue weighted by Crippen LogP contribution is 2.17. The first kappa shape index (κ1) is 10.5. The van der Waals surface area contributed by atoms with Crippen LogP contribution in [-0.4, -0.2) is 48.3 Å². The lowest BCUT2D eigenvalue weighted by Crippen LogP contribution is -2.43. The van der Waals surface area contributed by atoms with Gasteiger partial charge in [0, 0.05) is 13.7 Å². The van der Waals surface area contributed by atoms with Gasteiger partial charge in [0.2, 0.25) is 0 Å². The minimum absolute atomic E-state index is 0.00472. The summed E-state index contributed by atoms with van der Waals surface area (Å²) >= 11 is 0. The predicted octanol–water partition coefficient (Wildman–Crippen LogP) is 0.00460. The summed E-state index contributed by atoms with van der Waals surface area (Å²) < 4.78 is 4.94. The molecule has 1 saturated heterocycles. The van der Waals surface area contributed by atoms with E-state index in [4.69, 9.17) is 9.84 Å². The van der Waals surface area contributed by atoms with E-state index in [1.165, 1.54) is 7.11 Å². The Hall–Kier alpha value is -0.610. The average molecular weight is 187 g/mol. The number of methoxy groups -OCH3 is 1. The lowest BCUT2D eigenvalue weighted by molar-refractivity contribution is -0.142. The molecule has 1 N–H and O–H groups in total. The molecule has 76 valence electrons. The van der Waals surface area contributed by atoms with E-state index in [2.05, 4.69) is 0 Å². The van der Waals surface area contributed by atoms with Crippen molar-refractivity contribution >= 4 is 5.91 Å². The molecule has 1 aliphatic heterocycles. The highest BCUT2D eigenvalue weighted by Gasteiger charge is 2.30. The van der Waals surface area contributed by atoms with Crippen molar-refractivity contribution in [2.24, 2.45) is 0 Å². The monoisotopic (exact) mass is 187 g/mol. The quantitative estimate of drug-likeness (QED) is 0.677. The normalized spacial score (nSPS) is 24.8. The van der Waals surface area contributed by atoms with Crippen molar-refractivity contribution in [2.45, 2.75) is 31.9 Å². The fourth-order valence-corrected chi connectivity index (χ4v) is 1.65. The third-order valence-electron chi connectivity index (χ3n) is 2.57. The van der Waals surface area contributed by atoms with Crippen LogP contribution in [0.25, 0.3) is 0 Å². The van der Waals surface area contributed by atoms with Crippen LogP contribution in [0.1, 0.15) is 19.8 Å². The summed E-state index contributed by atoms with van der Waals surface area (Å²) in [4.78, 5) is 13.4. The number of amides is 1. The van der Waals surface area contributed by atoms with Gasteiger partial charge in [-0.3, -0.25) is 4.79 Å². The van der Waals surface area contributed by atoms with Gasteiger partial charge in [0.15, 0.2) is 0 Å². The molecule has 1 heterocycles. The third-order valence-corrected chi connectivity index (χ3v) is 2.57. The molecule has 13 heavy (non-hydrogen) atoms. The van der Waals surface area contributed by atoms with E-state index in [1.807, 2.05) is 0 Å². The first-order valence-corrected chi connectivity index (χ1v) is 4.64. The van der Waals surface area contributed by atoms with Crippen molar-refractivity contribution in [1.29, 1.82) is 0 Å². The second-order valence-electron chi connectivity index (χ2n) is 3.39. The Morgan fingerprint density at radius 3 is 3.00 bits per heavy atom. The largest absolute Gasteiger partial charge is 0.394 e. The fourth-order valence-electron chi connectivity index (χ4n) is 1.65. The van der Waals surface area contributed by atoms with E-state index in [-0.39, 0.29) is 18.6 Å². The van der Waals surface area contributed by atoms with Gasteiger partial charge in [-0.15, -0.1) is 0 Å². The molecule has 0 radical (unpaired) electrons. The highest BCUT2D eigenvalue weighted by molar-refractivity contribution is 5.81. The lowest BCUT2D eigenvalue weighted by Gasteiger charge is -2.25. The highest BCUT2D eigenvalue weighted by atomic mass is 16.5. The fraction of sp³-hybridized carbons (Fsp3) is 0.889. The molecule has 0 aromatic rings. The van der Waals surface area contributed by atoms with Crippen LogP contribution in [0.3, 0.4) is 0 Å². The maximum Gasteiger partial charge on any atom is 0.251 e. The number of carbonyl (C=O) groups is 1. The van der Waals surface area contributed by atoms with Gasteiger partial charge in [-0.05, 0) is 19.8 Å². The summed E-state index contributed by atoms with van der Waals surface area (Å²) in [5.41, 5.74) is 0. The molecule has 1 aliphatic rings. The minimum Gasteiger partial charge on any atom is -0.394 e. The summed E-state index contributed by atoms with van der Waals surface area (Å²) in [6, 6.07) is 0.00472. The summed E-state index contributed by atoms with van der Waals surface area (Å²) in [6.07, 6.45) is 1.48. The van der Waals surface area contributed by atoms with E-state index in [0.717, 1.165) is 19.4 Å². The standard InChI is InChI=1S/C9H17NO3/c1-7(13-2)9(12)10-5-3-4-8(10)6-11/h7-8,11H,3-6H2,1-2H3/t7?,8-/m1/s1. The average Bonchev–Trinajstić information content (AvgIpc) is 2.62. The summed E-state index contributed by atoms with van der Waals surface area (Å²) in [5.74, 6) is -0.0148.